The van der Waals surface area contributed by atoms with Crippen molar-refractivity contribution in [3.63, 3.8) is 0 Å². The molecule has 0 saturated carbocycles. The minimum atomic E-state index is 0.169. The summed E-state index contributed by atoms with van der Waals surface area (Å²) in [4.78, 5) is 12.7. The topological polar surface area (TPSA) is 41.6 Å². The maximum atomic E-state index is 11.1. The van der Waals surface area contributed by atoms with Crippen LogP contribution in [-0.4, -0.2) is 50.7 Å². The van der Waals surface area contributed by atoms with Gasteiger partial charge in [-0.3, -0.25) is 4.79 Å². The SMILES string of the molecule is CN(C)C(=O)CCNC1COC1. The predicted molar refractivity (Wildman–Crippen MR) is 45.9 cm³/mol. The normalized spacial score (nSPS) is 17.2. The van der Waals surface area contributed by atoms with Gasteiger partial charge in [-0.05, 0) is 0 Å². The Bertz CT molecular complexity index is 155. The Balaban J connectivity index is 1.97. The number of carbonyl (C=O) groups is 1. The van der Waals surface area contributed by atoms with Crippen LogP contribution in [0.25, 0.3) is 0 Å². The molecule has 1 heterocycles. The molecule has 4 heteroatoms. The molecule has 0 atom stereocenters. The summed E-state index contributed by atoms with van der Waals surface area (Å²) in [7, 11) is 3.55. The minimum Gasteiger partial charge on any atom is -0.378 e. The molecule has 1 rings (SSSR count). The summed E-state index contributed by atoms with van der Waals surface area (Å²) in [5, 5.41) is 3.23. The van der Waals surface area contributed by atoms with Crippen LogP contribution in [0.1, 0.15) is 6.42 Å². The molecule has 1 aliphatic heterocycles. The van der Waals surface area contributed by atoms with E-state index in [1.165, 1.54) is 0 Å². The third-order valence-electron chi connectivity index (χ3n) is 1.91. The van der Waals surface area contributed by atoms with Crippen LogP contribution in [0.4, 0.5) is 0 Å². The van der Waals surface area contributed by atoms with Gasteiger partial charge in [0.25, 0.3) is 0 Å². The number of rotatable bonds is 4. The summed E-state index contributed by atoms with van der Waals surface area (Å²) in [5.41, 5.74) is 0. The van der Waals surface area contributed by atoms with E-state index in [0.717, 1.165) is 19.8 Å². The molecule has 0 aromatic rings. The molecular weight excluding hydrogens is 156 g/mol. The van der Waals surface area contributed by atoms with Crippen LogP contribution in [0.2, 0.25) is 0 Å². The van der Waals surface area contributed by atoms with Gasteiger partial charge in [-0.25, -0.2) is 0 Å². The van der Waals surface area contributed by atoms with E-state index in [0.29, 0.717) is 12.5 Å². The average Bonchev–Trinajstić information content (AvgIpc) is 1.93. The largest absolute Gasteiger partial charge is 0.378 e. The van der Waals surface area contributed by atoms with E-state index in [1.54, 1.807) is 19.0 Å². The highest BCUT2D eigenvalue weighted by atomic mass is 16.5. The van der Waals surface area contributed by atoms with E-state index in [9.17, 15) is 4.79 Å². The maximum absolute atomic E-state index is 11.1. The summed E-state index contributed by atoms with van der Waals surface area (Å²) in [6.07, 6.45) is 0.573. The van der Waals surface area contributed by atoms with Crippen LogP contribution in [0.3, 0.4) is 0 Å². The fourth-order valence-electron chi connectivity index (χ4n) is 0.960. The molecule has 0 spiro atoms. The second-order valence-corrected chi connectivity index (χ2v) is 3.23. The standard InChI is InChI=1S/C8H16N2O2/c1-10(2)8(11)3-4-9-7-5-12-6-7/h7,9H,3-6H2,1-2H3. The van der Waals surface area contributed by atoms with Gasteiger partial charge in [-0.15, -0.1) is 0 Å². The summed E-state index contributed by atoms with van der Waals surface area (Å²) in [6, 6.07) is 0.472. The van der Waals surface area contributed by atoms with Crippen LogP contribution < -0.4 is 5.32 Å². The lowest BCUT2D eigenvalue weighted by molar-refractivity contribution is -0.128. The van der Waals surface area contributed by atoms with Crippen molar-refractivity contribution in [3.05, 3.63) is 0 Å². The fourth-order valence-corrected chi connectivity index (χ4v) is 0.960. The van der Waals surface area contributed by atoms with Gasteiger partial charge >= 0.3 is 0 Å². The first kappa shape index (κ1) is 9.48. The van der Waals surface area contributed by atoms with Crippen LogP contribution in [0.15, 0.2) is 0 Å². The van der Waals surface area contributed by atoms with Gasteiger partial charge in [0, 0.05) is 27.1 Å². The average molecular weight is 172 g/mol. The van der Waals surface area contributed by atoms with Gasteiger partial charge in [0.1, 0.15) is 0 Å². The number of carbonyl (C=O) groups excluding carboxylic acids is 1. The van der Waals surface area contributed by atoms with E-state index in [1.807, 2.05) is 0 Å². The van der Waals surface area contributed by atoms with Crippen LogP contribution in [0.5, 0.6) is 0 Å². The monoisotopic (exact) mass is 172 g/mol. The quantitative estimate of drug-likeness (QED) is 0.619. The Morgan fingerprint density at radius 1 is 1.58 bits per heavy atom. The molecule has 1 saturated heterocycles. The van der Waals surface area contributed by atoms with Gasteiger partial charge in [-0.1, -0.05) is 0 Å². The molecule has 4 nitrogen and oxygen atoms in total. The first-order valence-electron chi connectivity index (χ1n) is 4.21. The fraction of sp³-hybridized carbons (Fsp3) is 0.875. The van der Waals surface area contributed by atoms with Crippen molar-refractivity contribution in [1.82, 2.24) is 10.2 Å². The van der Waals surface area contributed by atoms with Crippen LogP contribution in [-0.2, 0) is 9.53 Å². The molecular formula is C8H16N2O2. The van der Waals surface area contributed by atoms with Crippen molar-refractivity contribution in [2.75, 3.05) is 33.9 Å². The second-order valence-electron chi connectivity index (χ2n) is 3.23. The zero-order valence-corrected chi connectivity index (χ0v) is 7.67. The van der Waals surface area contributed by atoms with Crippen molar-refractivity contribution >= 4 is 5.91 Å². The first-order chi connectivity index (χ1) is 5.70. The lowest BCUT2D eigenvalue weighted by atomic mass is 10.2. The van der Waals surface area contributed by atoms with Gasteiger partial charge in [0.2, 0.25) is 5.91 Å². The third-order valence-corrected chi connectivity index (χ3v) is 1.91. The van der Waals surface area contributed by atoms with Crippen molar-refractivity contribution < 1.29 is 9.53 Å². The Labute approximate surface area is 72.9 Å². The van der Waals surface area contributed by atoms with E-state index in [4.69, 9.17) is 4.74 Å². The van der Waals surface area contributed by atoms with Gasteiger partial charge in [-0.2, -0.15) is 0 Å². The van der Waals surface area contributed by atoms with E-state index in [-0.39, 0.29) is 5.91 Å². The molecule has 1 aliphatic rings. The van der Waals surface area contributed by atoms with Gasteiger partial charge < -0.3 is 15.0 Å². The maximum Gasteiger partial charge on any atom is 0.223 e. The Hall–Kier alpha value is -0.610. The van der Waals surface area contributed by atoms with Crippen molar-refractivity contribution in [1.29, 1.82) is 0 Å². The minimum absolute atomic E-state index is 0.169. The first-order valence-corrected chi connectivity index (χ1v) is 4.21. The molecule has 0 bridgehead atoms. The molecule has 12 heavy (non-hydrogen) atoms. The highest BCUT2D eigenvalue weighted by Crippen LogP contribution is 1.99. The highest BCUT2D eigenvalue weighted by molar-refractivity contribution is 5.75. The molecule has 0 aromatic carbocycles. The summed E-state index contributed by atoms with van der Waals surface area (Å²) >= 11 is 0. The lowest BCUT2D eigenvalue weighted by Gasteiger charge is -2.27. The Morgan fingerprint density at radius 3 is 2.67 bits per heavy atom. The summed E-state index contributed by atoms with van der Waals surface area (Å²) in [5.74, 6) is 0.169. The number of ether oxygens (including phenoxy) is 1. The highest BCUT2D eigenvalue weighted by Gasteiger charge is 2.17. The number of nitrogens with one attached hydrogen (secondary N) is 1. The van der Waals surface area contributed by atoms with Crippen molar-refractivity contribution in [3.8, 4) is 0 Å². The van der Waals surface area contributed by atoms with Gasteiger partial charge in [0.15, 0.2) is 0 Å². The molecule has 0 radical (unpaired) electrons. The Kier molecular flexibility index (Phi) is 3.49. The number of nitrogens with zero attached hydrogens (tertiary/aromatic N) is 1. The van der Waals surface area contributed by atoms with Crippen molar-refractivity contribution in [2.24, 2.45) is 0 Å². The van der Waals surface area contributed by atoms with Crippen LogP contribution in [0, 0.1) is 0 Å². The molecule has 0 aliphatic carbocycles. The van der Waals surface area contributed by atoms with Gasteiger partial charge in [0.05, 0.1) is 19.3 Å². The van der Waals surface area contributed by atoms with E-state index < -0.39 is 0 Å². The second kappa shape index (κ2) is 4.42. The molecule has 1 N–H and O–H groups in total. The van der Waals surface area contributed by atoms with E-state index >= 15 is 0 Å². The molecule has 1 amide bonds. The molecule has 0 unspecified atom stereocenters. The zero-order valence-electron chi connectivity index (χ0n) is 7.67. The predicted octanol–water partition coefficient (Wildman–Crippen LogP) is -0.547. The zero-order chi connectivity index (χ0) is 8.97. The van der Waals surface area contributed by atoms with Crippen molar-refractivity contribution in [2.45, 2.75) is 12.5 Å². The molecule has 70 valence electrons. The lowest BCUT2D eigenvalue weighted by Crippen LogP contribution is -2.46. The number of amides is 1. The smallest absolute Gasteiger partial charge is 0.223 e. The summed E-state index contributed by atoms with van der Waals surface area (Å²) in [6.45, 7) is 2.33. The Morgan fingerprint density at radius 2 is 2.25 bits per heavy atom. The molecule has 0 aromatic heterocycles. The van der Waals surface area contributed by atoms with E-state index in [2.05, 4.69) is 5.32 Å². The number of hydrogen-bond acceptors (Lipinski definition) is 3. The van der Waals surface area contributed by atoms with Crippen LogP contribution >= 0.6 is 0 Å². The number of hydrogen-bond donors (Lipinski definition) is 1. The summed E-state index contributed by atoms with van der Waals surface area (Å²) < 4.78 is 4.98. The molecule has 1 fully saturated rings. The third kappa shape index (κ3) is 2.79.